The molecule has 1 aliphatic carbocycles. The summed E-state index contributed by atoms with van der Waals surface area (Å²) in [5.74, 6) is 2.22. The number of nitrogens with zero attached hydrogens (tertiary/aromatic N) is 2. The van der Waals surface area contributed by atoms with E-state index in [1.165, 1.54) is 29.8 Å². The molecule has 1 fully saturated rings. The Hall–Kier alpha value is -0.960. The van der Waals surface area contributed by atoms with Crippen LogP contribution in [0, 0.1) is 19.8 Å². The van der Waals surface area contributed by atoms with E-state index in [1.54, 1.807) is 0 Å². The molecule has 1 unspecified atom stereocenters. The number of aryl methyl sites for hydroxylation is 3. The van der Waals surface area contributed by atoms with E-state index in [-0.39, 0.29) is 0 Å². The minimum absolute atomic E-state index is 0.495. The highest BCUT2D eigenvalue weighted by molar-refractivity contribution is 5.28. The van der Waals surface area contributed by atoms with Crippen LogP contribution >= 0.6 is 0 Å². The van der Waals surface area contributed by atoms with Crippen LogP contribution in [0.1, 0.15) is 68.7 Å². The zero-order valence-electron chi connectivity index (χ0n) is 13.7. The molecule has 3 heteroatoms. The molecule has 3 nitrogen and oxygen atoms in total. The van der Waals surface area contributed by atoms with Gasteiger partial charge in [-0.2, -0.15) is 0 Å². The molecule has 0 bridgehead atoms. The number of aromatic nitrogens is 2. The third-order valence-electron chi connectivity index (χ3n) is 4.10. The number of hydrogen-bond acceptors (Lipinski definition) is 3. The SMILES string of the molecule is Cc1nc(CCC(C)C)nc(C)c1C(C)CNC1CC1. The Bertz CT molecular complexity index is 427. The number of rotatable bonds is 7. The van der Waals surface area contributed by atoms with Crippen molar-refractivity contribution in [1.29, 1.82) is 0 Å². The van der Waals surface area contributed by atoms with E-state index in [0.717, 1.165) is 31.3 Å². The molecule has 0 saturated heterocycles. The molecular weight excluding hydrogens is 246 g/mol. The van der Waals surface area contributed by atoms with E-state index in [1.807, 2.05) is 0 Å². The topological polar surface area (TPSA) is 37.8 Å². The predicted octanol–water partition coefficient (Wildman–Crippen LogP) is 3.54. The monoisotopic (exact) mass is 275 g/mol. The van der Waals surface area contributed by atoms with E-state index < -0.39 is 0 Å². The molecule has 0 radical (unpaired) electrons. The van der Waals surface area contributed by atoms with Gasteiger partial charge in [-0.15, -0.1) is 0 Å². The molecule has 1 atom stereocenters. The summed E-state index contributed by atoms with van der Waals surface area (Å²) in [6, 6.07) is 0.768. The van der Waals surface area contributed by atoms with Gasteiger partial charge >= 0.3 is 0 Å². The Morgan fingerprint density at radius 2 is 1.70 bits per heavy atom. The Labute approximate surface area is 123 Å². The lowest BCUT2D eigenvalue weighted by molar-refractivity contribution is 0.568. The first-order chi connectivity index (χ1) is 9.47. The van der Waals surface area contributed by atoms with Gasteiger partial charge < -0.3 is 5.32 Å². The molecule has 1 aromatic rings. The van der Waals surface area contributed by atoms with Crippen LogP contribution in [-0.4, -0.2) is 22.6 Å². The normalized spacial score (nSPS) is 16.7. The fraction of sp³-hybridized carbons (Fsp3) is 0.765. The van der Waals surface area contributed by atoms with Crippen LogP contribution in [0.25, 0.3) is 0 Å². The zero-order chi connectivity index (χ0) is 14.7. The first kappa shape index (κ1) is 15.4. The van der Waals surface area contributed by atoms with Crippen molar-refractivity contribution in [2.75, 3.05) is 6.54 Å². The van der Waals surface area contributed by atoms with E-state index >= 15 is 0 Å². The molecular formula is C17H29N3. The Morgan fingerprint density at radius 1 is 1.10 bits per heavy atom. The third-order valence-corrected chi connectivity index (χ3v) is 4.10. The van der Waals surface area contributed by atoms with Crippen molar-refractivity contribution in [3.8, 4) is 0 Å². The van der Waals surface area contributed by atoms with Gasteiger partial charge in [0, 0.05) is 30.4 Å². The Morgan fingerprint density at radius 3 is 2.20 bits per heavy atom. The summed E-state index contributed by atoms with van der Waals surface area (Å²) in [5, 5.41) is 3.61. The lowest BCUT2D eigenvalue weighted by Gasteiger charge is -2.18. The smallest absolute Gasteiger partial charge is 0.128 e. The predicted molar refractivity (Wildman–Crippen MR) is 84.1 cm³/mol. The van der Waals surface area contributed by atoms with Crippen LogP contribution in [0.3, 0.4) is 0 Å². The van der Waals surface area contributed by atoms with Gasteiger partial charge in [0.15, 0.2) is 0 Å². The van der Waals surface area contributed by atoms with Crippen LogP contribution in [0.5, 0.6) is 0 Å². The highest BCUT2D eigenvalue weighted by Crippen LogP contribution is 2.24. The maximum absolute atomic E-state index is 4.73. The van der Waals surface area contributed by atoms with Crippen molar-refractivity contribution in [3.63, 3.8) is 0 Å². The minimum Gasteiger partial charge on any atom is -0.313 e. The Balaban J connectivity index is 2.04. The third kappa shape index (κ3) is 4.27. The van der Waals surface area contributed by atoms with Crippen molar-refractivity contribution in [1.82, 2.24) is 15.3 Å². The van der Waals surface area contributed by atoms with Crippen LogP contribution in [0.15, 0.2) is 0 Å². The van der Waals surface area contributed by atoms with Gasteiger partial charge in [0.05, 0.1) is 0 Å². The van der Waals surface area contributed by atoms with Crippen molar-refractivity contribution < 1.29 is 0 Å². The van der Waals surface area contributed by atoms with Crippen LogP contribution < -0.4 is 5.32 Å². The fourth-order valence-electron chi connectivity index (χ4n) is 2.77. The lowest BCUT2D eigenvalue weighted by Crippen LogP contribution is -2.23. The van der Waals surface area contributed by atoms with Gasteiger partial charge in [-0.05, 0) is 50.5 Å². The summed E-state index contributed by atoms with van der Waals surface area (Å²) >= 11 is 0. The first-order valence-corrected chi connectivity index (χ1v) is 8.04. The summed E-state index contributed by atoms with van der Waals surface area (Å²) in [6.07, 6.45) is 4.84. The molecule has 1 N–H and O–H groups in total. The van der Waals surface area contributed by atoms with E-state index in [0.29, 0.717) is 11.8 Å². The van der Waals surface area contributed by atoms with Gasteiger partial charge in [-0.25, -0.2) is 9.97 Å². The van der Waals surface area contributed by atoms with Crippen LogP contribution in [0.2, 0.25) is 0 Å². The average molecular weight is 275 g/mol. The van der Waals surface area contributed by atoms with E-state index in [2.05, 4.69) is 39.9 Å². The molecule has 112 valence electrons. The second-order valence-corrected chi connectivity index (χ2v) is 6.74. The van der Waals surface area contributed by atoms with Gasteiger partial charge in [-0.3, -0.25) is 0 Å². The molecule has 1 heterocycles. The quantitative estimate of drug-likeness (QED) is 0.827. The summed E-state index contributed by atoms with van der Waals surface area (Å²) in [5.41, 5.74) is 3.68. The molecule has 20 heavy (non-hydrogen) atoms. The highest BCUT2D eigenvalue weighted by atomic mass is 15.0. The summed E-state index contributed by atoms with van der Waals surface area (Å²) in [4.78, 5) is 9.46. The standard InChI is InChI=1S/C17H29N3/c1-11(2)6-9-16-19-13(4)17(14(5)20-16)12(3)10-18-15-7-8-15/h11-12,15,18H,6-10H2,1-5H3. The minimum atomic E-state index is 0.495. The first-order valence-electron chi connectivity index (χ1n) is 8.04. The van der Waals surface area contributed by atoms with E-state index in [4.69, 9.17) is 9.97 Å². The van der Waals surface area contributed by atoms with Crippen molar-refractivity contribution >= 4 is 0 Å². The van der Waals surface area contributed by atoms with Crippen molar-refractivity contribution in [3.05, 3.63) is 22.8 Å². The van der Waals surface area contributed by atoms with Gasteiger partial charge in [-0.1, -0.05) is 20.8 Å². The molecule has 1 aromatic heterocycles. The summed E-state index contributed by atoms with van der Waals surface area (Å²) in [6.45, 7) is 12.1. The largest absolute Gasteiger partial charge is 0.313 e. The van der Waals surface area contributed by atoms with Crippen LogP contribution in [0.4, 0.5) is 0 Å². The lowest BCUT2D eigenvalue weighted by atomic mass is 9.97. The molecule has 2 rings (SSSR count). The molecule has 1 aliphatic rings. The summed E-state index contributed by atoms with van der Waals surface area (Å²) < 4.78 is 0. The maximum atomic E-state index is 4.73. The van der Waals surface area contributed by atoms with Gasteiger partial charge in [0.1, 0.15) is 5.82 Å². The maximum Gasteiger partial charge on any atom is 0.128 e. The molecule has 0 amide bonds. The zero-order valence-corrected chi connectivity index (χ0v) is 13.7. The molecule has 0 spiro atoms. The van der Waals surface area contributed by atoms with Gasteiger partial charge in [0.25, 0.3) is 0 Å². The second-order valence-electron chi connectivity index (χ2n) is 6.74. The van der Waals surface area contributed by atoms with Crippen molar-refractivity contribution in [2.24, 2.45) is 5.92 Å². The summed E-state index contributed by atoms with van der Waals surface area (Å²) in [7, 11) is 0. The van der Waals surface area contributed by atoms with E-state index in [9.17, 15) is 0 Å². The van der Waals surface area contributed by atoms with Crippen LogP contribution in [-0.2, 0) is 6.42 Å². The van der Waals surface area contributed by atoms with Gasteiger partial charge in [0.2, 0.25) is 0 Å². The highest BCUT2D eigenvalue weighted by Gasteiger charge is 2.22. The molecule has 1 saturated carbocycles. The Kier molecular flexibility index (Phi) is 5.14. The fourth-order valence-corrected chi connectivity index (χ4v) is 2.77. The molecule has 0 aliphatic heterocycles. The average Bonchev–Trinajstić information content (AvgIpc) is 3.17. The molecule has 0 aromatic carbocycles. The second kappa shape index (κ2) is 6.66. The number of nitrogens with one attached hydrogen (secondary N) is 1. The van der Waals surface area contributed by atoms with Crippen molar-refractivity contribution in [2.45, 2.75) is 72.3 Å². The number of hydrogen-bond donors (Lipinski definition) is 1.